The van der Waals surface area contributed by atoms with Crippen molar-refractivity contribution in [1.82, 2.24) is 10.3 Å². The lowest BCUT2D eigenvalue weighted by atomic mass is 10.1. The van der Waals surface area contributed by atoms with Gasteiger partial charge in [0.15, 0.2) is 0 Å². The molecule has 1 aromatic heterocycles. The number of fused-ring (bicyclic) bond motifs is 1. The minimum Gasteiger partial charge on any atom is -0.355 e. The number of hydrogen-bond donors (Lipinski definition) is 1. The molecule has 20 heavy (non-hydrogen) atoms. The molecule has 4 nitrogen and oxygen atoms in total. The van der Waals surface area contributed by atoms with Crippen LogP contribution in [0.25, 0.3) is 10.9 Å². The van der Waals surface area contributed by atoms with Crippen LogP contribution >= 0.6 is 0 Å². The van der Waals surface area contributed by atoms with Crippen molar-refractivity contribution in [2.24, 2.45) is 0 Å². The van der Waals surface area contributed by atoms with Crippen molar-refractivity contribution in [3.63, 3.8) is 0 Å². The van der Waals surface area contributed by atoms with E-state index in [1.807, 2.05) is 30.3 Å². The Bertz CT molecular complexity index is 653. The maximum Gasteiger partial charge on any atom is 0.130 e. The van der Waals surface area contributed by atoms with Gasteiger partial charge in [0.1, 0.15) is 5.82 Å². The molecule has 1 unspecified atom stereocenters. The van der Waals surface area contributed by atoms with E-state index in [2.05, 4.69) is 23.3 Å². The van der Waals surface area contributed by atoms with Gasteiger partial charge in [-0.1, -0.05) is 18.2 Å². The molecule has 1 atom stereocenters. The second-order valence-electron chi connectivity index (χ2n) is 5.27. The molecular formula is C16H18N4. The van der Waals surface area contributed by atoms with Gasteiger partial charge in [-0.2, -0.15) is 5.26 Å². The maximum absolute atomic E-state index is 9.34. The summed E-state index contributed by atoms with van der Waals surface area (Å²) >= 11 is 0. The second kappa shape index (κ2) is 5.48. The number of para-hydroxylation sites is 1. The molecule has 2 heterocycles. The van der Waals surface area contributed by atoms with Crippen molar-refractivity contribution in [1.29, 1.82) is 5.26 Å². The van der Waals surface area contributed by atoms with Gasteiger partial charge >= 0.3 is 0 Å². The van der Waals surface area contributed by atoms with E-state index in [-0.39, 0.29) is 0 Å². The van der Waals surface area contributed by atoms with Gasteiger partial charge in [0.05, 0.1) is 17.1 Å². The van der Waals surface area contributed by atoms with Crippen LogP contribution in [0, 0.1) is 11.3 Å². The Balaban J connectivity index is 2.01. The van der Waals surface area contributed by atoms with Gasteiger partial charge in [-0.05, 0) is 31.5 Å². The summed E-state index contributed by atoms with van der Waals surface area (Å²) in [7, 11) is 2.07. The zero-order valence-electron chi connectivity index (χ0n) is 11.6. The Morgan fingerprint density at radius 2 is 2.25 bits per heavy atom. The summed E-state index contributed by atoms with van der Waals surface area (Å²) in [5.41, 5.74) is 1.58. The highest BCUT2D eigenvalue weighted by molar-refractivity contribution is 5.86. The predicted octanol–water partition coefficient (Wildman–Crippen LogP) is 2.29. The topological polar surface area (TPSA) is 52.0 Å². The summed E-state index contributed by atoms with van der Waals surface area (Å²) < 4.78 is 0. The Morgan fingerprint density at radius 1 is 1.40 bits per heavy atom. The summed E-state index contributed by atoms with van der Waals surface area (Å²) in [6.07, 6.45) is 2.35. The molecule has 102 valence electrons. The lowest BCUT2D eigenvalue weighted by Gasteiger charge is -2.32. The number of benzene rings is 1. The largest absolute Gasteiger partial charge is 0.355 e. The number of hydrogen-bond acceptors (Lipinski definition) is 4. The lowest BCUT2D eigenvalue weighted by molar-refractivity contribution is 0.443. The summed E-state index contributed by atoms with van der Waals surface area (Å²) in [4.78, 5) is 6.90. The Kier molecular flexibility index (Phi) is 3.53. The van der Waals surface area contributed by atoms with Crippen LogP contribution in [0.5, 0.6) is 0 Å². The van der Waals surface area contributed by atoms with Crippen LogP contribution in [0.1, 0.15) is 18.4 Å². The van der Waals surface area contributed by atoms with E-state index in [9.17, 15) is 5.26 Å². The third-order valence-corrected chi connectivity index (χ3v) is 4.00. The van der Waals surface area contributed by atoms with E-state index in [0.717, 1.165) is 29.8 Å². The molecule has 2 aromatic rings. The normalized spacial score (nSPS) is 18.7. The number of nitrogens with zero attached hydrogens (tertiary/aromatic N) is 3. The maximum atomic E-state index is 9.34. The fourth-order valence-electron chi connectivity index (χ4n) is 2.79. The lowest BCUT2D eigenvalue weighted by Crippen LogP contribution is -2.44. The fourth-order valence-corrected chi connectivity index (χ4v) is 2.79. The third-order valence-electron chi connectivity index (χ3n) is 4.00. The van der Waals surface area contributed by atoms with Crippen LogP contribution in [-0.4, -0.2) is 31.2 Å². The summed E-state index contributed by atoms with van der Waals surface area (Å²) in [5.74, 6) is 0.883. The van der Waals surface area contributed by atoms with Gasteiger partial charge in [0.2, 0.25) is 0 Å². The Labute approximate surface area is 119 Å². The van der Waals surface area contributed by atoms with Crippen molar-refractivity contribution in [3.8, 4) is 6.07 Å². The first kappa shape index (κ1) is 12.9. The highest BCUT2D eigenvalue weighted by Crippen LogP contribution is 2.24. The van der Waals surface area contributed by atoms with Gasteiger partial charge in [0.25, 0.3) is 0 Å². The molecule has 0 radical (unpaired) electrons. The minimum atomic E-state index is 0.448. The van der Waals surface area contributed by atoms with Crippen LogP contribution in [-0.2, 0) is 0 Å². The molecule has 0 amide bonds. The number of nitriles is 1. The van der Waals surface area contributed by atoms with E-state index >= 15 is 0 Å². The zero-order chi connectivity index (χ0) is 13.9. The molecule has 1 aliphatic heterocycles. The van der Waals surface area contributed by atoms with Gasteiger partial charge in [0, 0.05) is 25.0 Å². The van der Waals surface area contributed by atoms with Crippen molar-refractivity contribution in [2.75, 3.05) is 25.0 Å². The average molecular weight is 266 g/mol. The molecule has 1 N–H and O–H groups in total. The number of likely N-dealkylation sites (N-methyl/N-ethyl adjacent to an activating group) is 1. The van der Waals surface area contributed by atoms with E-state index in [0.29, 0.717) is 11.6 Å². The molecule has 3 rings (SSSR count). The molecule has 1 saturated heterocycles. The van der Waals surface area contributed by atoms with E-state index in [4.69, 9.17) is 4.98 Å². The molecule has 0 aliphatic carbocycles. The predicted molar refractivity (Wildman–Crippen MR) is 80.8 cm³/mol. The van der Waals surface area contributed by atoms with Crippen LogP contribution in [0.4, 0.5) is 5.82 Å². The van der Waals surface area contributed by atoms with E-state index in [1.54, 1.807) is 0 Å². The Hall–Kier alpha value is -2.12. The molecule has 0 bridgehead atoms. The second-order valence-corrected chi connectivity index (χ2v) is 5.27. The van der Waals surface area contributed by atoms with Crippen molar-refractivity contribution >= 4 is 16.7 Å². The Morgan fingerprint density at radius 3 is 3.00 bits per heavy atom. The first-order valence-corrected chi connectivity index (χ1v) is 7.03. The van der Waals surface area contributed by atoms with Crippen LogP contribution in [0.15, 0.2) is 30.3 Å². The number of piperidine rings is 1. The smallest absolute Gasteiger partial charge is 0.130 e. The van der Waals surface area contributed by atoms with E-state index in [1.165, 1.54) is 12.8 Å². The quantitative estimate of drug-likeness (QED) is 0.906. The van der Waals surface area contributed by atoms with Crippen molar-refractivity contribution < 1.29 is 0 Å². The number of nitrogens with one attached hydrogen (secondary N) is 1. The van der Waals surface area contributed by atoms with Crippen LogP contribution in [0.3, 0.4) is 0 Å². The van der Waals surface area contributed by atoms with Gasteiger partial charge in [-0.3, -0.25) is 0 Å². The van der Waals surface area contributed by atoms with Crippen LogP contribution < -0.4 is 10.2 Å². The average Bonchev–Trinajstić information content (AvgIpc) is 2.54. The summed E-state index contributed by atoms with van der Waals surface area (Å²) in [6, 6.07) is 12.5. The molecule has 4 heteroatoms. The summed E-state index contributed by atoms with van der Waals surface area (Å²) in [6.45, 7) is 2.08. The van der Waals surface area contributed by atoms with Crippen molar-refractivity contribution in [2.45, 2.75) is 18.9 Å². The van der Waals surface area contributed by atoms with Crippen molar-refractivity contribution in [3.05, 3.63) is 35.9 Å². The monoisotopic (exact) mass is 266 g/mol. The number of anilines is 1. The first-order valence-electron chi connectivity index (χ1n) is 7.03. The standard InChI is InChI=1S/C16H18N4/c1-20(13-5-4-8-18-11-13)16-9-12(10-17)14-6-2-3-7-15(14)19-16/h2-3,6-7,9,13,18H,4-5,8,11H2,1H3. The molecule has 0 spiro atoms. The molecular weight excluding hydrogens is 248 g/mol. The highest BCUT2D eigenvalue weighted by atomic mass is 15.2. The summed E-state index contributed by atoms with van der Waals surface area (Å²) in [5, 5.41) is 13.7. The minimum absolute atomic E-state index is 0.448. The molecule has 1 aliphatic rings. The zero-order valence-corrected chi connectivity index (χ0v) is 11.6. The fraction of sp³-hybridized carbons (Fsp3) is 0.375. The highest BCUT2D eigenvalue weighted by Gasteiger charge is 2.19. The number of pyridine rings is 1. The van der Waals surface area contributed by atoms with Crippen LogP contribution in [0.2, 0.25) is 0 Å². The number of aromatic nitrogens is 1. The molecule has 1 fully saturated rings. The third kappa shape index (κ3) is 2.33. The van der Waals surface area contributed by atoms with Gasteiger partial charge in [-0.25, -0.2) is 4.98 Å². The SMILES string of the molecule is CN(c1cc(C#N)c2ccccc2n1)C1CCCNC1. The van der Waals surface area contributed by atoms with E-state index < -0.39 is 0 Å². The molecule has 0 saturated carbocycles. The first-order chi connectivity index (χ1) is 9.79. The number of rotatable bonds is 2. The van der Waals surface area contributed by atoms with Gasteiger partial charge in [-0.15, -0.1) is 0 Å². The van der Waals surface area contributed by atoms with Gasteiger partial charge < -0.3 is 10.2 Å². The molecule has 1 aromatic carbocycles.